The molecule has 0 amide bonds. The first-order chi connectivity index (χ1) is 6.09. The van der Waals surface area contributed by atoms with E-state index in [4.69, 9.17) is 0 Å². The maximum Gasteiger partial charge on any atom is 0.673 e. The Morgan fingerprint density at radius 1 is 0.929 bits per heavy atom. The second-order valence-corrected chi connectivity index (χ2v) is 3.73. The van der Waals surface area contributed by atoms with Gasteiger partial charge in [0.15, 0.2) is 0 Å². The number of quaternary nitrogens is 1. The van der Waals surface area contributed by atoms with Gasteiger partial charge in [-0.05, 0) is 34.6 Å². The number of halogens is 4. The standard InChI is InChI=1S/C8H19N.BF4/c1-6-9(7(2)3)8(4)5;2-1(3,4)5/h7-8H,6H2,1-5H3;/q;-1/p+1. The van der Waals surface area contributed by atoms with Crippen LogP contribution >= 0.6 is 0 Å². The third-order valence-corrected chi connectivity index (χ3v) is 1.89. The van der Waals surface area contributed by atoms with Crippen LogP contribution in [0.15, 0.2) is 0 Å². The Morgan fingerprint density at radius 2 is 1.14 bits per heavy atom. The first kappa shape index (κ1) is 16.2. The largest absolute Gasteiger partial charge is 0.673 e. The number of nitrogens with one attached hydrogen (secondary N) is 1. The van der Waals surface area contributed by atoms with Crippen LogP contribution in [0.25, 0.3) is 0 Å². The van der Waals surface area contributed by atoms with Gasteiger partial charge in [-0.15, -0.1) is 0 Å². The maximum absolute atomic E-state index is 9.75. The molecule has 1 N–H and O–H groups in total. The Morgan fingerprint density at radius 3 is 1.14 bits per heavy atom. The molecule has 6 heteroatoms. The summed E-state index contributed by atoms with van der Waals surface area (Å²) in [6, 6.07) is 1.55. The minimum absolute atomic E-state index is 0.773. The molecule has 14 heavy (non-hydrogen) atoms. The van der Waals surface area contributed by atoms with E-state index in [1.165, 1.54) is 6.54 Å². The van der Waals surface area contributed by atoms with Crippen molar-refractivity contribution in [2.75, 3.05) is 6.54 Å². The van der Waals surface area contributed by atoms with E-state index in [0.29, 0.717) is 0 Å². The third kappa shape index (κ3) is 14.3. The molecule has 0 saturated carbocycles. The number of rotatable bonds is 3. The van der Waals surface area contributed by atoms with Crippen molar-refractivity contribution in [3.05, 3.63) is 0 Å². The van der Waals surface area contributed by atoms with Gasteiger partial charge in [-0.25, -0.2) is 0 Å². The Bertz CT molecular complexity index is 122. The highest BCUT2D eigenvalue weighted by atomic mass is 19.5. The van der Waals surface area contributed by atoms with Crippen LogP contribution in [0.1, 0.15) is 34.6 Å². The number of hydrogen-bond acceptors (Lipinski definition) is 0. The summed E-state index contributed by atoms with van der Waals surface area (Å²) in [5, 5.41) is 0. The fourth-order valence-electron chi connectivity index (χ4n) is 1.48. The lowest BCUT2D eigenvalue weighted by atomic mass is 10.2. The summed E-state index contributed by atoms with van der Waals surface area (Å²) in [5.41, 5.74) is 0. The van der Waals surface area contributed by atoms with Crippen LogP contribution in [0.4, 0.5) is 17.3 Å². The fourth-order valence-corrected chi connectivity index (χ4v) is 1.48. The summed E-state index contributed by atoms with van der Waals surface area (Å²) in [6.45, 7) is 12.6. The van der Waals surface area contributed by atoms with E-state index in [9.17, 15) is 17.3 Å². The normalized spacial score (nSPS) is 12.0. The summed E-state index contributed by atoms with van der Waals surface area (Å²) in [4.78, 5) is 1.69. The minimum Gasteiger partial charge on any atom is -0.418 e. The van der Waals surface area contributed by atoms with Gasteiger partial charge in [0.2, 0.25) is 0 Å². The Labute approximate surface area is 83.6 Å². The van der Waals surface area contributed by atoms with Crippen LogP contribution in [0.5, 0.6) is 0 Å². The Balaban J connectivity index is 0. The van der Waals surface area contributed by atoms with Crippen molar-refractivity contribution in [1.82, 2.24) is 0 Å². The van der Waals surface area contributed by atoms with Gasteiger partial charge in [0, 0.05) is 0 Å². The zero-order valence-corrected chi connectivity index (χ0v) is 9.45. The molecular formula is C8H20BF4N. The fraction of sp³-hybridized carbons (Fsp3) is 1.00. The van der Waals surface area contributed by atoms with Crippen LogP contribution in [-0.2, 0) is 0 Å². The highest BCUT2D eigenvalue weighted by Crippen LogP contribution is 2.06. The molecule has 1 nitrogen and oxygen atoms in total. The lowest BCUT2D eigenvalue weighted by molar-refractivity contribution is -0.940. The summed E-state index contributed by atoms with van der Waals surface area (Å²) >= 11 is 0. The van der Waals surface area contributed by atoms with E-state index in [1.807, 2.05) is 0 Å². The molecule has 0 saturated heterocycles. The molecular weight excluding hydrogens is 197 g/mol. The number of hydrogen-bond donors (Lipinski definition) is 1. The second-order valence-electron chi connectivity index (χ2n) is 3.73. The zero-order valence-electron chi connectivity index (χ0n) is 9.45. The van der Waals surface area contributed by atoms with Gasteiger partial charge in [-0.1, -0.05) is 0 Å². The topological polar surface area (TPSA) is 4.44 Å². The van der Waals surface area contributed by atoms with Gasteiger partial charge >= 0.3 is 7.25 Å². The molecule has 0 spiro atoms. The van der Waals surface area contributed by atoms with Crippen LogP contribution in [0.2, 0.25) is 0 Å². The van der Waals surface area contributed by atoms with E-state index in [2.05, 4.69) is 34.6 Å². The van der Waals surface area contributed by atoms with Crippen LogP contribution in [-0.4, -0.2) is 25.9 Å². The van der Waals surface area contributed by atoms with Crippen LogP contribution in [0.3, 0.4) is 0 Å². The van der Waals surface area contributed by atoms with E-state index in [-0.39, 0.29) is 0 Å². The molecule has 0 aromatic rings. The van der Waals surface area contributed by atoms with Crippen molar-refractivity contribution in [1.29, 1.82) is 0 Å². The van der Waals surface area contributed by atoms with Gasteiger partial charge in [-0.2, -0.15) is 0 Å². The monoisotopic (exact) mass is 217 g/mol. The predicted octanol–water partition coefficient (Wildman–Crippen LogP) is 2.01. The predicted molar refractivity (Wildman–Crippen MR) is 52.0 cm³/mol. The van der Waals surface area contributed by atoms with Crippen molar-refractivity contribution in [3.63, 3.8) is 0 Å². The molecule has 0 aromatic carbocycles. The second kappa shape index (κ2) is 7.09. The molecule has 0 radical (unpaired) electrons. The molecule has 0 rings (SSSR count). The first-order valence-electron chi connectivity index (χ1n) is 4.82. The maximum atomic E-state index is 9.75. The van der Waals surface area contributed by atoms with Crippen LogP contribution < -0.4 is 4.90 Å². The van der Waals surface area contributed by atoms with Crippen molar-refractivity contribution in [2.24, 2.45) is 0 Å². The first-order valence-corrected chi connectivity index (χ1v) is 4.82. The molecule has 0 atom stereocenters. The lowest BCUT2D eigenvalue weighted by Crippen LogP contribution is -3.17. The lowest BCUT2D eigenvalue weighted by Gasteiger charge is -2.25. The molecule has 0 aliphatic heterocycles. The molecule has 0 aliphatic rings. The molecule has 0 heterocycles. The average molecular weight is 217 g/mol. The van der Waals surface area contributed by atoms with Gasteiger partial charge < -0.3 is 22.2 Å². The molecule has 0 unspecified atom stereocenters. The van der Waals surface area contributed by atoms with Crippen molar-refractivity contribution in [3.8, 4) is 0 Å². The molecule has 0 aromatic heterocycles. The van der Waals surface area contributed by atoms with Crippen molar-refractivity contribution < 1.29 is 22.2 Å². The minimum atomic E-state index is -6.00. The molecule has 0 bridgehead atoms. The van der Waals surface area contributed by atoms with Gasteiger partial charge in [-0.3, -0.25) is 0 Å². The van der Waals surface area contributed by atoms with Gasteiger partial charge in [0.05, 0.1) is 18.6 Å². The zero-order chi connectivity index (χ0) is 11.9. The summed E-state index contributed by atoms with van der Waals surface area (Å²) in [5.74, 6) is 0. The van der Waals surface area contributed by atoms with E-state index in [0.717, 1.165) is 12.1 Å². The van der Waals surface area contributed by atoms with Crippen LogP contribution in [0, 0.1) is 0 Å². The van der Waals surface area contributed by atoms with Gasteiger partial charge in [0.1, 0.15) is 0 Å². The quantitative estimate of drug-likeness (QED) is 0.544. The Hall–Kier alpha value is -0.255. The van der Waals surface area contributed by atoms with E-state index in [1.54, 1.807) is 4.90 Å². The molecule has 0 fully saturated rings. The Kier molecular flexibility index (Phi) is 8.20. The summed E-state index contributed by atoms with van der Waals surface area (Å²) in [7, 11) is -6.00. The SMILES string of the molecule is CC[NH+](C(C)C)C(C)C.F[B-](F)(F)F. The van der Waals surface area contributed by atoms with Crippen molar-refractivity contribution in [2.45, 2.75) is 46.7 Å². The smallest absolute Gasteiger partial charge is 0.418 e. The summed E-state index contributed by atoms with van der Waals surface area (Å²) in [6.07, 6.45) is 0. The summed E-state index contributed by atoms with van der Waals surface area (Å²) < 4.78 is 39.0. The molecule has 88 valence electrons. The van der Waals surface area contributed by atoms with Gasteiger partial charge in [0.25, 0.3) is 0 Å². The average Bonchev–Trinajstić information content (AvgIpc) is 1.81. The highest BCUT2D eigenvalue weighted by Gasteiger charge is 2.20. The van der Waals surface area contributed by atoms with E-state index >= 15 is 0 Å². The third-order valence-electron chi connectivity index (χ3n) is 1.89. The van der Waals surface area contributed by atoms with Crippen molar-refractivity contribution >= 4 is 7.25 Å². The van der Waals surface area contributed by atoms with E-state index < -0.39 is 7.25 Å². The highest BCUT2D eigenvalue weighted by molar-refractivity contribution is 6.50. The molecule has 0 aliphatic carbocycles.